The zero-order chi connectivity index (χ0) is 34.1. The molecule has 10 N–H and O–H groups in total. The highest BCUT2D eigenvalue weighted by Crippen LogP contribution is 2.12. The number of carbonyl (C=O) groups excluding carboxylic acids is 5. The van der Waals surface area contributed by atoms with Crippen molar-refractivity contribution in [3.63, 3.8) is 0 Å². The summed E-state index contributed by atoms with van der Waals surface area (Å²) in [6, 6.07) is 9.89. The molecule has 0 aliphatic carbocycles. The van der Waals surface area contributed by atoms with Gasteiger partial charge in [0.05, 0.1) is 6.42 Å². The Morgan fingerprint density at radius 2 is 1.33 bits per heavy atom. The molecule has 5 amide bonds. The molecule has 0 aliphatic rings. The molecule has 0 saturated carbocycles. The summed E-state index contributed by atoms with van der Waals surface area (Å²) in [5, 5.41) is 28.8. The van der Waals surface area contributed by atoms with Crippen LogP contribution in [0, 0.1) is 0 Å². The van der Waals surface area contributed by atoms with Crippen molar-refractivity contribution in [2.45, 2.75) is 69.1 Å². The predicted octanol–water partition coefficient (Wildman–Crippen LogP) is -0.474. The van der Waals surface area contributed by atoms with Crippen LogP contribution in [0.4, 0.5) is 0 Å². The molecule has 0 saturated heterocycles. The molecule has 46 heavy (non-hydrogen) atoms. The van der Waals surface area contributed by atoms with Crippen molar-refractivity contribution < 1.29 is 39.0 Å². The fourth-order valence-corrected chi connectivity index (χ4v) is 4.67. The summed E-state index contributed by atoms with van der Waals surface area (Å²) in [7, 11) is 0. The van der Waals surface area contributed by atoms with Crippen molar-refractivity contribution in [1.82, 2.24) is 21.3 Å². The van der Waals surface area contributed by atoms with Crippen LogP contribution in [0.3, 0.4) is 0 Å². The second-order valence-corrected chi connectivity index (χ2v) is 11.0. The lowest BCUT2D eigenvalue weighted by atomic mass is 10.0. The van der Waals surface area contributed by atoms with E-state index in [1.807, 2.05) is 0 Å². The molecule has 0 aromatic heterocycles. The van der Waals surface area contributed by atoms with Crippen LogP contribution in [0.25, 0.3) is 0 Å². The molecule has 2 aromatic rings. The Kier molecular flexibility index (Phi) is 16.1. The average Bonchev–Trinajstić information content (AvgIpc) is 3.02. The number of phenols is 1. The first-order valence-electron chi connectivity index (χ1n) is 14.8. The molecule has 0 aliphatic heterocycles. The van der Waals surface area contributed by atoms with Gasteiger partial charge >= 0.3 is 5.97 Å². The maximum atomic E-state index is 13.3. The molecular formula is C31H42N6O8S. The standard InChI is InChI=1S/C31H42N6O8S/c32-15-5-4-8-26(39)34-23(16-20-6-2-1-3-7-20)29(43)36-24(17-27(40)41)30(44)37-25(18-46)31(45)35-22(28(33)42)14-11-19-9-12-21(38)13-10-19/h1-3,6-7,9-10,12-13,22-25,38,46H,4-5,8,11,14-18,32H2,(H2,33,42)(H,34,39)(H,35,45)(H,36,43)(H,37,44)(H,40,41)/t22-,23-,24-,25-/m0/s1. The highest BCUT2D eigenvalue weighted by molar-refractivity contribution is 7.80. The fraction of sp³-hybridized carbons (Fsp3) is 0.419. The number of hydrogen-bond donors (Lipinski definition) is 9. The zero-order valence-corrected chi connectivity index (χ0v) is 26.2. The van der Waals surface area contributed by atoms with Crippen molar-refractivity contribution >= 4 is 48.1 Å². The highest BCUT2D eigenvalue weighted by atomic mass is 32.1. The summed E-state index contributed by atoms with van der Waals surface area (Å²) in [6.45, 7) is 0.404. The number of carbonyl (C=O) groups is 6. The number of aliphatic carboxylic acids is 1. The molecule has 0 heterocycles. The molecule has 0 fully saturated rings. The van der Waals surface area contributed by atoms with E-state index in [0.717, 1.165) is 5.56 Å². The number of nitrogens with one attached hydrogen (secondary N) is 4. The number of amides is 5. The summed E-state index contributed by atoms with van der Waals surface area (Å²) in [6.07, 6.45) is 0.947. The summed E-state index contributed by atoms with van der Waals surface area (Å²) in [5.74, 6) is -5.38. The van der Waals surface area contributed by atoms with Gasteiger partial charge in [-0.1, -0.05) is 42.5 Å². The summed E-state index contributed by atoms with van der Waals surface area (Å²) < 4.78 is 0. The lowest BCUT2D eigenvalue weighted by Crippen LogP contribution is -2.59. The predicted molar refractivity (Wildman–Crippen MR) is 173 cm³/mol. The molecule has 0 unspecified atom stereocenters. The Morgan fingerprint density at radius 3 is 1.91 bits per heavy atom. The molecule has 0 radical (unpaired) electrons. The number of carboxylic acids is 1. The van der Waals surface area contributed by atoms with Crippen LogP contribution in [-0.2, 0) is 41.6 Å². The number of aryl methyl sites for hydroxylation is 1. The minimum Gasteiger partial charge on any atom is -0.508 e. The minimum atomic E-state index is -1.62. The van der Waals surface area contributed by atoms with E-state index in [1.54, 1.807) is 42.5 Å². The lowest BCUT2D eigenvalue weighted by Gasteiger charge is -2.25. The minimum absolute atomic E-state index is 0.0665. The van der Waals surface area contributed by atoms with Gasteiger partial charge in [-0.25, -0.2) is 0 Å². The van der Waals surface area contributed by atoms with Gasteiger partial charge in [0.1, 0.15) is 29.9 Å². The second kappa shape index (κ2) is 19.7. The third kappa shape index (κ3) is 13.6. The highest BCUT2D eigenvalue weighted by Gasteiger charge is 2.32. The first-order valence-corrected chi connectivity index (χ1v) is 15.4. The maximum Gasteiger partial charge on any atom is 0.305 e. The zero-order valence-electron chi connectivity index (χ0n) is 25.3. The van der Waals surface area contributed by atoms with Gasteiger partial charge in [-0.15, -0.1) is 0 Å². The van der Waals surface area contributed by atoms with Gasteiger partial charge in [-0.05, 0) is 55.5 Å². The van der Waals surface area contributed by atoms with Crippen molar-refractivity contribution in [1.29, 1.82) is 0 Å². The Balaban J connectivity index is 2.12. The normalized spacial score (nSPS) is 13.3. The molecule has 0 bridgehead atoms. The van der Waals surface area contributed by atoms with Crippen molar-refractivity contribution in [2.75, 3.05) is 12.3 Å². The number of unbranched alkanes of at least 4 members (excludes halogenated alkanes) is 1. The van der Waals surface area contributed by atoms with E-state index < -0.39 is 66.1 Å². The van der Waals surface area contributed by atoms with Gasteiger partial charge in [0.2, 0.25) is 29.5 Å². The fourth-order valence-electron chi connectivity index (χ4n) is 4.41. The van der Waals surface area contributed by atoms with E-state index >= 15 is 0 Å². The number of aromatic hydroxyl groups is 1. The van der Waals surface area contributed by atoms with Gasteiger partial charge in [0.15, 0.2) is 0 Å². The molecule has 0 spiro atoms. The van der Waals surface area contributed by atoms with Gasteiger partial charge in [-0.2, -0.15) is 12.6 Å². The third-order valence-electron chi connectivity index (χ3n) is 6.94. The topological polar surface area (TPSA) is 243 Å². The monoisotopic (exact) mass is 658 g/mol. The summed E-state index contributed by atoms with van der Waals surface area (Å²) in [5.41, 5.74) is 12.5. The number of primary amides is 1. The van der Waals surface area contributed by atoms with E-state index in [2.05, 4.69) is 33.9 Å². The van der Waals surface area contributed by atoms with Crippen LogP contribution >= 0.6 is 12.6 Å². The smallest absolute Gasteiger partial charge is 0.305 e. The first-order chi connectivity index (χ1) is 21.9. The van der Waals surface area contributed by atoms with E-state index in [9.17, 15) is 39.0 Å². The Hall–Kier alpha value is -4.63. The number of nitrogens with two attached hydrogens (primary N) is 2. The molecule has 4 atom stereocenters. The number of benzene rings is 2. The average molecular weight is 659 g/mol. The number of phenolic OH excluding ortho intramolecular Hbond substituents is 1. The van der Waals surface area contributed by atoms with E-state index in [1.165, 1.54) is 12.1 Å². The van der Waals surface area contributed by atoms with Crippen LogP contribution in [0.2, 0.25) is 0 Å². The van der Waals surface area contributed by atoms with Crippen LogP contribution in [0.1, 0.15) is 43.2 Å². The molecule has 15 heteroatoms. The second-order valence-electron chi connectivity index (χ2n) is 10.6. The number of carboxylic acid groups (broad SMARTS) is 1. The molecule has 2 rings (SSSR count). The van der Waals surface area contributed by atoms with E-state index in [0.29, 0.717) is 31.4 Å². The maximum absolute atomic E-state index is 13.3. The van der Waals surface area contributed by atoms with Crippen LogP contribution in [0.15, 0.2) is 54.6 Å². The largest absolute Gasteiger partial charge is 0.508 e. The van der Waals surface area contributed by atoms with Crippen LogP contribution < -0.4 is 32.7 Å². The molecule has 250 valence electrons. The van der Waals surface area contributed by atoms with Crippen molar-refractivity contribution in [2.24, 2.45) is 11.5 Å². The van der Waals surface area contributed by atoms with Crippen molar-refractivity contribution in [3.05, 3.63) is 65.7 Å². The van der Waals surface area contributed by atoms with E-state index in [-0.39, 0.29) is 30.8 Å². The van der Waals surface area contributed by atoms with Crippen LogP contribution in [0.5, 0.6) is 5.75 Å². The molecule has 14 nitrogen and oxygen atoms in total. The van der Waals surface area contributed by atoms with E-state index in [4.69, 9.17) is 11.5 Å². The van der Waals surface area contributed by atoms with Crippen molar-refractivity contribution in [3.8, 4) is 5.75 Å². The molecular weight excluding hydrogens is 616 g/mol. The Bertz CT molecular complexity index is 1330. The first kappa shape index (κ1) is 37.6. The summed E-state index contributed by atoms with van der Waals surface area (Å²) in [4.78, 5) is 75.8. The molecule has 2 aromatic carbocycles. The Labute approximate surface area is 272 Å². The van der Waals surface area contributed by atoms with Gasteiger partial charge in [-0.3, -0.25) is 28.8 Å². The third-order valence-corrected chi connectivity index (χ3v) is 7.30. The Morgan fingerprint density at radius 1 is 0.739 bits per heavy atom. The van der Waals surface area contributed by atoms with Crippen LogP contribution in [-0.4, -0.2) is 82.2 Å². The van der Waals surface area contributed by atoms with Gasteiger partial charge < -0.3 is 42.9 Å². The number of rotatable bonds is 20. The lowest BCUT2D eigenvalue weighted by molar-refractivity contribution is -0.141. The number of hydrogen-bond acceptors (Lipinski definition) is 9. The quantitative estimate of drug-likeness (QED) is 0.0658. The summed E-state index contributed by atoms with van der Waals surface area (Å²) >= 11 is 4.12. The SMILES string of the molecule is NCCCCC(=O)N[C@@H](Cc1ccccc1)C(=O)N[C@@H](CC(=O)O)C(=O)N[C@@H](CS)C(=O)N[C@@H](CCc1ccc(O)cc1)C(N)=O. The van der Waals surface area contributed by atoms with Gasteiger partial charge in [0.25, 0.3) is 0 Å². The number of thiol groups is 1. The van der Waals surface area contributed by atoms with Gasteiger partial charge in [0, 0.05) is 18.6 Å².